The Morgan fingerprint density at radius 2 is 2.30 bits per heavy atom. The molecular weight excluding hydrogens is 197 g/mol. The molecule has 1 aromatic heterocycles. The fraction of sp³-hybridized carbons (Fsp3) is 0.286. The number of nitrogens with zero attached hydrogens (tertiary/aromatic N) is 1. The largest absolute Gasteiger partial charge is 0.244 e. The van der Waals surface area contributed by atoms with Gasteiger partial charge in [0, 0.05) is 0 Å². The Hall–Kier alpha value is -0.440. The Kier molecular flexibility index (Phi) is 2.38. The van der Waals surface area contributed by atoms with Crippen LogP contribution in [0.15, 0.2) is 16.7 Å². The van der Waals surface area contributed by atoms with E-state index in [2.05, 4.69) is 20.9 Å². The van der Waals surface area contributed by atoms with Gasteiger partial charge in [0.1, 0.15) is 11.3 Å². The van der Waals surface area contributed by atoms with Crippen LogP contribution in [0.2, 0.25) is 0 Å². The zero-order valence-corrected chi connectivity index (χ0v) is 7.15. The van der Waals surface area contributed by atoms with Gasteiger partial charge in [-0.25, -0.2) is 9.37 Å². The summed E-state index contributed by atoms with van der Waals surface area (Å²) in [5.41, 5.74) is 1.50. The Labute approximate surface area is 67.4 Å². The number of aromatic nitrogens is 1. The molecule has 0 aliphatic rings. The average Bonchev–Trinajstić information content (AvgIpc) is 1.85. The van der Waals surface area contributed by atoms with Gasteiger partial charge in [0.2, 0.25) is 0 Å². The maximum Gasteiger partial charge on any atom is 0.131 e. The summed E-state index contributed by atoms with van der Waals surface area (Å²) in [5, 5.41) is 0. The lowest BCUT2D eigenvalue weighted by atomic mass is 10.2. The fourth-order valence-corrected chi connectivity index (χ4v) is 1.35. The van der Waals surface area contributed by atoms with Crippen molar-refractivity contribution in [2.75, 3.05) is 0 Å². The molecule has 0 aliphatic carbocycles. The quantitative estimate of drug-likeness (QED) is 0.640. The Bertz CT molecular complexity index is 217. The monoisotopic (exact) mass is 203 g/mol. The van der Waals surface area contributed by atoms with Crippen molar-refractivity contribution >= 4 is 15.9 Å². The van der Waals surface area contributed by atoms with Gasteiger partial charge in [0.05, 0.1) is 5.69 Å². The summed E-state index contributed by atoms with van der Waals surface area (Å²) in [6.07, 6.45) is 0. The number of hydrogen-bond acceptors (Lipinski definition) is 1. The van der Waals surface area contributed by atoms with Crippen LogP contribution in [0.4, 0.5) is 4.39 Å². The smallest absolute Gasteiger partial charge is 0.131 e. The molecule has 1 aromatic rings. The van der Waals surface area contributed by atoms with Gasteiger partial charge in [-0.05, 0) is 40.5 Å². The van der Waals surface area contributed by atoms with E-state index < -0.39 is 6.67 Å². The van der Waals surface area contributed by atoms with Crippen molar-refractivity contribution in [2.24, 2.45) is 0 Å². The molecule has 0 saturated heterocycles. The van der Waals surface area contributed by atoms with Gasteiger partial charge < -0.3 is 0 Å². The van der Waals surface area contributed by atoms with E-state index in [9.17, 15) is 4.39 Å². The van der Waals surface area contributed by atoms with Crippen molar-refractivity contribution in [2.45, 2.75) is 13.6 Å². The summed E-state index contributed by atoms with van der Waals surface area (Å²) in [6, 6.07) is 3.57. The minimum Gasteiger partial charge on any atom is -0.244 e. The molecule has 0 aliphatic heterocycles. The predicted molar refractivity (Wildman–Crippen MR) is 41.5 cm³/mol. The molecule has 0 spiro atoms. The standard InChI is InChI=1S/C7H7BrFN/c1-5-2-6(4-9)10-7(8)3-5/h2-3H,4H2,1H3. The number of hydrogen-bond donors (Lipinski definition) is 0. The first-order valence-corrected chi connectivity index (χ1v) is 3.70. The van der Waals surface area contributed by atoms with Gasteiger partial charge in [-0.3, -0.25) is 0 Å². The van der Waals surface area contributed by atoms with E-state index in [4.69, 9.17) is 0 Å². The third kappa shape index (κ3) is 1.77. The van der Waals surface area contributed by atoms with Gasteiger partial charge in [0.25, 0.3) is 0 Å². The SMILES string of the molecule is Cc1cc(Br)nc(CF)c1. The third-order valence-corrected chi connectivity index (χ3v) is 1.53. The summed E-state index contributed by atoms with van der Waals surface area (Å²) in [7, 11) is 0. The molecule has 1 heterocycles. The van der Waals surface area contributed by atoms with Crippen LogP contribution in [-0.2, 0) is 6.67 Å². The minimum absolute atomic E-state index is 0.479. The van der Waals surface area contributed by atoms with E-state index in [0.717, 1.165) is 5.56 Å². The Morgan fingerprint density at radius 1 is 1.60 bits per heavy atom. The molecule has 3 heteroatoms. The number of rotatable bonds is 1. The molecule has 0 N–H and O–H groups in total. The minimum atomic E-state index is -0.500. The van der Waals surface area contributed by atoms with Crippen LogP contribution in [0.1, 0.15) is 11.3 Å². The molecule has 0 saturated carbocycles. The lowest BCUT2D eigenvalue weighted by Gasteiger charge is -1.96. The highest BCUT2D eigenvalue weighted by Crippen LogP contribution is 2.10. The Morgan fingerprint density at radius 3 is 2.80 bits per heavy atom. The number of alkyl halides is 1. The summed E-state index contributed by atoms with van der Waals surface area (Å²) in [5.74, 6) is 0. The molecule has 1 rings (SSSR count). The van der Waals surface area contributed by atoms with Gasteiger partial charge in [-0.1, -0.05) is 0 Å². The summed E-state index contributed by atoms with van der Waals surface area (Å²) < 4.78 is 12.7. The first-order valence-electron chi connectivity index (χ1n) is 2.91. The van der Waals surface area contributed by atoms with E-state index in [0.29, 0.717) is 10.3 Å². The summed E-state index contributed by atoms with van der Waals surface area (Å²) >= 11 is 3.18. The van der Waals surface area contributed by atoms with E-state index in [-0.39, 0.29) is 0 Å². The molecule has 0 aromatic carbocycles. The highest BCUT2D eigenvalue weighted by atomic mass is 79.9. The molecule has 0 unspecified atom stereocenters. The van der Waals surface area contributed by atoms with Gasteiger partial charge >= 0.3 is 0 Å². The normalized spacial score (nSPS) is 9.90. The van der Waals surface area contributed by atoms with Crippen LogP contribution in [0.25, 0.3) is 0 Å². The van der Waals surface area contributed by atoms with Crippen molar-refractivity contribution in [1.82, 2.24) is 4.98 Å². The van der Waals surface area contributed by atoms with Crippen LogP contribution in [0, 0.1) is 6.92 Å². The van der Waals surface area contributed by atoms with Gasteiger partial charge in [0.15, 0.2) is 0 Å². The maximum absolute atomic E-state index is 12.0. The van der Waals surface area contributed by atoms with E-state index in [1.807, 2.05) is 13.0 Å². The topological polar surface area (TPSA) is 12.9 Å². The first-order chi connectivity index (χ1) is 4.72. The number of pyridine rings is 1. The molecule has 0 fully saturated rings. The zero-order valence-electron chi connectivity index (χ0n) is 5.56. The molecule has 0 amide bonds. The predicted octanol–water partition coefficient (Wildman–Crippen LogP) is 2.62. The number of halogens is 2. The van der Waals surface area contributed by atoms with Crippen molar-refractivity contribution < 1.29 is 4.39 Å². The maximum atomic E-state index is 12.0. The molecular formula is C7H7BrFN. The van der Waals surface area contributed by atoms with Gasteiger partial charge in [-0.2, -0.15) is 0 Å². The molecule has 0 bridgehead atoms. The van der Waals surface area contributed by atoms with E-state index in [1.165, 1.54) is 0 Å². The van der Waals surface area contributed by atoms with Crippen molar-refractivity contribution in [3.63, 3.8) is 0 Å². The summed E-state index contributed by atoms with van der Waals surface area (Å²) in [4.78, 5) is 3.89. The van der Waals surface area contributed by atoms with Crippen LogP contribution in [-0.4, -0.2) is 4.98 Å². The highest BCUT2D eigenvalue weighted by molar-refractivity contribution is 9.10. The fourth-order valence-electron chi connectivity index (χ4n) is 0.763. The average molecular weight is 204 g/mol. The second kappa shape index (κ2) is 3.10. The van der Waals surface area contributed by atoms with Gasteiger partial charge in [-0.15, -0.1) is 0 Å². The number of aryl methyl sites for hydroxylation is 1. The second-order valence-electron chi connectivity index (χ2n) is 2.09. The molecule has 1 nitrogen and oxygen atoms in total. The third-order valence-electron chi connectivity index (χ3n) is 1.13. The first kappa shape index (κ1) is 7.66. The van der Waals surface area contributed by atoms with E-state index in [1.54, 1.807) is 6.07 Å². The van der Waals surface area contributed by atoms with Crippen molar-refractivity contribution in [3.05, 3.63) is 28.0 Å². The molecule has 0 atom stereocenters. The van der Waals surface area contributed by atoms with Crippen LogP contribution in [0.5, 0.6) is 0 Å². The van der Waals surface area contributed by atoms with Crippen LogP contribution in [0.3, 0.4) is 0 Å². The molecule has 54 valence electrons. The lowest BCUT2D eigenvalue weighted by Crippen LogP contribution is -1.87. The summed E-state index contributed by atoms with van der Waals surface area (Å²) in [6.45, 7) is 1.41. The van der Waals surface area contributed by atoms with Crippen LogP contribution >= 0.6 is 15.9 Å². The van der Waals surface area contributed by atoms with E-state index >= 15 is 0 Å². The lowest BCUT2D eigenvalue weighted by molar-refractivity contribution is 0.475. The van der Waals surface area contributed by atoms with Crippen molar-refractivity contribution in [3.8, 4) is 0 Å². The Balaban J connectivity index is 3.06. The second-order valence-corrected chi connectivity index (χ2v) is 2.90. The highest BCUT2D eigenvalue weighted by Gasteiger charge is 1.95. The molecule has 10 heavy (non-hydrogen) atoms. The van der Waals surface area contributed by atoms with Crippen molar-refractivity contribution in [1.29, 1.82) is 0 Å². The molecule has 0 radical (unpaired) electrons. The zero-order chi connectivity index (χ0) is 7.56. The van der Waals surface area contributed by atoms with Crippen LogP contribution < -0.4 is 0 Å².